The molecular weight excluding hydrogens is 861 g/mol. The molecule has 3 aliphatic heterocycles. The van der Waals surface area contributed by atoms with Crippen molar-refractivity contribution in [1.29, 1.82) is 0 Å². The van der Waals surface area contributed by atoms with Crippen molar-refractivity contribution in [3.63, 3.8) is 0 Å². The molecule has 14 nitrogen and oxygen atoms in total. The number of aryl methyl sites for hydroxylation is 1. The van der Waals surface area contributed by atoms with Gasteiger partial charge in [0.25, 0.3) is 5.91 Å². The second kappa shape index (κ2) is 19.7. The number of nitrogens with zero attached hydrogens (tertiary/aromatic N) is 5. The van der Waals surface area contributed by atoms with Crippen LogP contribution in [0.2, 0.25) is 0 Å². The number of nitrogens with one attached hydrogen (secondary N) is 2. The lowest BCUT2D eigenvalue weighted by Gasteiger charge is -2.38. The van der Waals surface area contributed by atoms with E-state index in [4.69, 9.17) is 14.5 Å². The zero-order valence-corrected chi connectivity index (χ0v) is 39.7. The Kier molecular flexibility index (Phi) is 14.4. The molecule has 16 heteroatoms. The number of likely N-dealkylation sites (tertiary alicyclic amines) is 1. The van der Waals surface area contributed by atoms with Crippen LogP contribution in [-0.4, -0.2) is 112 Å². The predicted molar refractivity (Wildman–Crippen MR) is 250 cm³/mol. The number of esters is 1. The Labute approximate surface area is 391 Å². The summed E-state index contributed by atoms with van der Waals surface area (Å²) < 4.78 is 49.2. The number of carbonyl (C=O) groups is 5. The highest BCUT2D eigenvalue weighted by Gasteiger charge is 2.51. The van der Waals surface area contributed by atoms with Crippen LogP contribution in [0.15, 0.2) is 73.4 Å². The quantitative estimate of drug-likeness (QED) is 0.129. The number of hydrazine groups is 1. The smallest absolute Gasteiger partial charge is 0.324 e. The number of benzene rings is 2. The topological polar surface area (TPSA) is 155 Å². The lowest BCUT2D eigenvalue weighted by atomic mass is 9.84. The summed E-state index contributed by atoms with van der Waals surface area (Å²) in [5.41, 5.74) is 7.27. The Balaban J connectivity index is 1.34. The molecule has 7 rings (SSSR count). The van der Waals surface area contributed by atoms with Gasteiger partial charge >= 0.3 is 11.9 Å². The molecule has 4 unspecified atom stereocenters. The van der Waals surface area contributed by atoms with Crippen molar-refractivity contribution in [2.45, 2.75) is 104 Å². The van der Waals surface area contributed by atoms with Crippen LogP contribution in [-0.2, 0) is 52.3 Å². The molecule has 0 spiro atoms. The Morgan fingerprint density at radius 3 is 2.51 bits per heavy atom. The van der Waals surface area contributed by atoms with Crippen molar-refractivity contribution < 1.29 is 42.2 Å². The number of hydrogen-bond donors (Lipinski definition) is 2. The minimum absolute atomic E-state index is 0.00926. The second-order valence-corrected chi connectivity index (χ2v) is 19.1. The lowest BCUT2D eigenvalue weighted by molar-refractivity contribution is -0.161. The van der Waals surface area contributed by atoms with Gasteiger partial charge < -0.3 is 29.2 Å². The van der Waals surface area contributed by atoms with Gasteiger partial charge in [0.05, 0.1) is 30.0 Å². The number of cyclic esters (lactones) is 1. The molecule has 4 aromatic rings. The number of methoxy groups -OCH3 is 1. The molecule has 4 amide bonds. The van der Waals surface area contributed by atoms with Gasteiger partial charge in [-0.25, -0.2) is 5.43 Å². The third-order valence-corrected chi connectivity index (χ3v) is 13.5. The number of likely N-dealkylation sites (N-methyl/N-ethyl adjacent to an activating group) is 1. The molecule has 2 aromatic heterocycles. The van der Waals surface area contributed by atoms with E-state index in [1.54, 1.807) is 33.2 Å². The number of carbonyl (C=O) groups excluding carboxylic acids is 5. The Hall–Kier alpha value is -6.00. The molecule has 67 heavy (non-hydrogen) atoms. The first-order valence-electron chi connectivity index (χ1n) is 23.2. The van der Waals surface area contributed by atoms with Crippen molar-refractivity contribution >= 4 is 40.5 Å². The number of rotatable bonds is 10. The van der Waals surface area contributed by atoms with Crippen molar-refractivity contribution in [3.8, 4) is 22.4 Å². The van der Waals surface area contributed by atoms with E-state index in [-0.39, 0.29) is 44.5 Å². The fourth-order valence-corrected chi connectivity index (χ4v) is 9.89. The lowest BCUT2D eigenvalue weighted by Crippen LogP contribution is -2.65. The maximum atomic E-state index is 17.6. The summed E-state index contributed by atoms with van der Waals surface area (Å²) in [5, 5.41) is 4.26. The van der Waals surface area contributed by atoms with Crippen LogP contribution in [0.25, 0.3) is 33.3 Å². The molecule has 2 N–H and O–H groups in total. The maximum absolute atomic E-state index is 17.6. The molecule has 5 atom stereocenters. The first-order valence-corrected chi connectivity index (χ1v) is 23.2. The number of pyridine rings is 1. The summed E-state index contributed by atoms with van der Waals surface area (Å²) in [6, 6.07) is 10.8. The number of ether oxygens (including phenoxy) is 2. The van der Waals surface area contributed by atoms with Gasteiger partial charge in [-0.1, -0.05) is 58.5 Å². The number of amides is 4. The molecule has 6 bridgehead atoms. The Morgan fingerprint density at radius 2 is 1.81 bits per heavy atom. The largest absolute Gasteiger partial charge is 0.464 e. The first-order chi connectivity index (χ1) is 31.8. The summed E-state index contributed by atoms with van der Waals surface area (Å²) in [5.74, 6) is -8.73. The first kappa shape index (κ1) is 48.9. The molecule has 358 valence electrons. The van der Waals surface area contributed by atoms with E-state index < -0.39 is 70.6 Å². The molecule has 5 heterocycles. The predicted octanol–water partition coefficient (Wildman–Crippen LogP) is 6.81. The van der Waals surface area contributed by atoms with E-state index in [0.717, 1.165) is 38.4 Å². The number of hydrogen-bond acceptors (Lipinski definition) is 9. The van der Waals surface area contributed by atoms with E-state index in [0.29, 0.717) is 37.1 Å². The van der Waals surface area contributed by atoms with Crippen LogP contribution in [0, 0.1) is 17.3 Å². The van der Waals surface area contributed by atoms with E-state index in [9.17, 15) is 24.0 Å². The normalized spacial score (nSPS) is 21.6. The van der Waals surface area contributed by atoms with Crippen LogP contribution >= 0.6 is 0 Å². The summed E-state index contributed by atoms with van der Waals surface area (Å²) in [6.07, 6.45) is 3.96. The molecule has 0 saturated carbocycles. The van der Waals surface area contributed by atoms with E-state index >= 15 is 8.78 Å². The number of fused-ring (bicyclic) bond motifs is 6. The third-order valence-electron chi connectivity index (χ3n) is 13.5. The molecule has 2 fully saturated rings. The average Bonchev–Trinajstić information content (AvgIpc) is 3.94. The molecule has 3 aliphatic rings. The van der Waals surface area contributed by atoms with E-state index in [1.165, 1.54) is 41.1 Å². The maximum Gasteiger partial charge on any atom is 0.324 e. The number of alkyl halides is 2. The van der Waals surface area contributed by atoms with E-state index in [1.807, 2.05) is 51.1 Å². The SMILES string of the molecule is C=CC(=O)N1CCC(C(=O)N(C)C(C(=O)NC2C(=O)N3CCC[C@H](N3)C(=O)OCC(C)(C)Cc3c(-c4cccnc4C(C)OC)n(CC)c4ccc(cc34)-c3cccc(c3)C2(F)F)C(C)C)C1. The molecule has 0 aliphatic carbocycles. The Bertz CT molecular complexity index is 2560. The zero-order chi connectivity index (χ0) is 48.5. The van der Waals surface area contributed by atoms with Gasteiger partial charge in [0, 0.05) is 74.0 Å². The molecule has 2 saturated heterocycles. The van der Waals surface area contributed by atoms with Crippen LogP contribution in [0.1, 0.15) is 83.7 Å². The second-order valence-electron chi connectivity index (χ2n) is 19.1. The van der Waals surface area contributed by atoms with Crippen molar-refractivity contribution in [1.82, 2.24) is 35.1 Å². The highest BCUT2D eigenvalue weighted by Crippen LogP contribution is 2.43. The zero-order valence-electron chi connectivity index (χ0n) is 39.7. The van der Waals surface area contributed by atoms with Gasteiger partial charge in [-0.2, -0.15) is 8.78 Å². The van der Waals surface area contributed by atoms with Crippen LogP contribution < -0.4 is 10.7 Å². The van der Waals surface area contributed by atoms with Crippen molar-refractivity contribution in [3.05, 3.63) is 90.3 Å². The highest BCUT2D eigenvalue weighted by molar-refractivity contribution is 5.96. The Morgan fingerprint density at radius 1 is 1.06 bits per heavy atom. The number of halogens is 2. The molecular formula is C51H63F2N7O7. The molecule has 0 radical (unpaired) electrons. The highest BCUT2D eigenvalue weighted by atomic mass is 19.3. The van der Waals surface area contributed by atoms with Gasteiger partial charge in [-0.3, -0.25) is 34.0 Å². The fraction of sp³-hybridized carbons (Fsp3) is 0.490. The van der Waals surface area contributed by atoms with Gasteiger partial charge in [-0.05, 0) is 98.5 Å². The van der Waals surface area contributed by atoms with Gasteiger partial charge in [-0.15, -0.1) is 0 Å². The minimum atomic E-state index is -4.02. The monoisotopic (exact) mass is 923 g/mol. The summed E-state index contributed by atoms with van der Waals surface area (Å²) in [4.78, 5) is 76.6. The van der Waals surface area contributed by atoms with Crippen LogP contribution in [0.3, 0.4) is 0 Å². The third kappa shape index (κ3) is 9.73. The van der Waals surface area contributed by atoms with Crippen LogP contribution in [0.4, 0.5) is 8.78 Å². The minimum Gasteiger partial charge on any atom is -0.464 e. The van der Waals surface area contributed by atoms with Crippen molar-refractivity contribution in [2.75, 3.05) is 40.4 Å². The number of aromatic nitrogens is 2. The average molecular weight is 924 g/mol. The fourth-order valence-electron chi connectivity index (χ4n) is 9.89. The van der Waals surface area contributed by atoms with E-state index in [2.05, 4.69) is 28.8 Å². The van der Waals surface area contributed by atoms with Gasteiger partial charge in [0.15, 0.2) is 6.04 Å². The van der Waals surface area contributed by atoms with Gasteiger partial charge in [0.1, 0.15) is 12.1 Å². The summed E-state index contributed by atoms with van der Waals surface area (Å²) in [6.45, 7) is 16.0. The van der Waals surface area contributed by atoms with Crippen molar-refractivity contribution in [2.24, 2.45) is 17.3 Å². The summed E-state index contributed by atoms with van der Waals surface area (Å²) in [7, 11) is 3.06. The summed E-state index contributed by atoms with van der Waals surface area (Å²) >= 11 is 0. The van der Waals surface area contributed by atoms with Gasteiger partial charge in [0.2, 0.25) is 17.7 Å². The molecule has 2 aromatic carbocycles. The van der Waals surface area contributed by atoms with Crippen LogP contribution in [0.5, 0.6) is 0 Å². The standard InChI is InChI=1S/C51H63F2N7O7/c1-10-41(61)58-24-21-34(28-58)47(63)57(8)43(30(3)4)46(62)55-45-48(64)60-23-14-18-39(56-60)49(65)67-29-50(6,7)27-38-37-26-33(32-15-12-16-35(25-32)51(45,52)53)19-20-40(37)59(11-2)44(38)36-17-13-22-54-42(36)31(5)66-9/h10,12-13,15-17,19-20,22,25-26,30-31,34,39,43,45,56H,1,11,14,18,21,23-24,27-29H2,2-9H3,(H,55,62)/t31?,34?,39-,43?,45?/m0/s1.